The highest BCUT2D eigenvalue weighted by Gasteiger charge is 2.14. The number of methoxy groups -OCH3 is 1. The number of para-hydroxylation sites is 1. The molecule has 0 unspecified atom stereocenters. The van der Waals surface area contributed by atoms with Crippen LogP contribution in [-0.2, 0) is 17.8 Å². The van der Waals surface area contributed by atoms with Gasteiger partial charge in [-0.25, -0.2) is 4.98 Å². The van der Waals surface area contributed by atoms with E-state index in [2.05, 4.69) is 38.1 Å². The van der Waals surface area contributed by atoms with Crippen molar-refractivity contribution in [2.45, 2.75) is 25.0 Å². The van der Waals surface area contributed by atoms with Crippen LogP contribution in [0.15, 0.2) is 53.7 Å². The number of benzene rings is 2. The molecule has 0 saturated heterocycles. The van der Waals surface area contributed by atoms with E-state index in [9.17, 15) is 4.79 Å². The van der Waals surface area contributed by atoms with E-state index >= 15 is 0 Å². The molecule has 0 aliphatic rings. The molecule has 1 amide bonds. The Bertz CT molecular complexity index is 1170. The number of nitrogens with one attached hydrogen (secondary N) is 1. The highest BCUT2D eigenvalue weighted by atomic mass is 32.2. The third kappa shape index (κ3) is 4.23. The zero-order valence-corrected chi connectivity index (χ0v) is 17.8. The molecule has 7 nitrogen and oxygen atoms in total. The number of carbonyl (C=O) groups is 1. The Morgan fingerprint density at radius 2 is 1.93 bits per heavy atom. The summed E-state index contributed by atoms with van der Waals surface area (Å²) in [6.07, 6.45) is 0.765. The van der Waals surface area contributed by atoms with Crippen LogP contribution in [0.5, 0.6) is 5.75 Å². The van der Waals surface area contributed by atoms with Gasteiger partial charge in [0.25, 0.3) is 0 Å². The van der Waals surface area contributed by atoms with Crippen molar-refractivity contribution < 1.29 is 9.53 Å². The number of aryl methyl sites for hydroxylation is 1. The van der Waals surface area contributed by atoms with Crippen LogP contribution >= 0.6 is 11.8 Å². The van der Waals surface area contributed by atoms with Crippen molar-refractivity contribution in [3.05, 3.63) is 54.1 Å². The van der Waals surface area contributed by atoms with Crippen molar-refractivity contribution in [3.63, 3.8) is 0 Å². The molecule has 4 aromatic rings. The molecule has 0 fully saturated rings. The molecule has 0 aliphatic carbocycles. The highest BCUT2D eigenvalue weighted by Crippen LogP contribution is 2.26. The molecule has 0 spiro atoms. The topological polar surface area (TPSA) is 81.9 Å². The van der Waals surface area contributed by atoms with Crippen LogP contribution in [-0.4, -0.2) is 45.1 Å². The van der Waals surface area contributed by atoms with Crippen LogP contribution in [0.1, 0.15) is 12.5 Å². The Labute approximate surface area is 178 Å². The average molecular weight is 422 g/mol. The maximum absolute atomic E-state index is 12.2. The average Bonchev–Trinajstić information content (AvgIpc) is 3.11. The summed E-state index contributed by atoms with van der Waals surface area (Å²) in [4.78, 5) is 16.9. The van der Waals surface area contributed by atoms with E-state index in [0.29, 0.717) is 11.7 Å². The van der Waals surface area contributed by atoms with Gasteiger partial charge in [-0.15, -0.1) is 10.2 Å². The quantitative estimate of drug-likeness (QED) is 0.439. The number of nitrogens with zero attached hydrogens (tertiary/aromatic N) is 4. The SMILES string of the molecule is CCn1c2ccccc2c2nnc(SCC(=O)NCCc3ccc(OC)cc3)nc21. The summed E-state index contributed by atoms with van der Waals surface area (Å²) in [5, 5.41) is 13.1. The number of hydrogen-bond donors (Lipinski definition) is 1. The lowest BCUT2D eigenvalue weighted by molar-refractivity contribution is -0.118. The van der Waals surface area contributed by atoms with Crippen molar-refractivity contribution in [2.75, 3.05) is 19.4 Å². The first-order valence-electron chi connectivity index (χ1n) is 9.83. The maximum Gasteiger partial charge on any atom is 0.230 e. The van der Waals surface area contributed by atoms with Gasteiger partial charge in [-0.2, -0.15) is 0 Å². The number of carbonyl (C=O) groups excluding carboxylic acids is 1. The molecule has 0 bridgehead atoms. The Hall–Kier alpha value is -3.13. The van der Waals surface area contributed by atoms with Crippen molar-refractivity contribution in [1.82, 2.24) is 25.1 Å². The van der Waals surface area contributed by atoms with E-state index in [-0.39, 0.29) is 11.7 Å². The molecule has 0 radical (unpaired) electrons. The number of hydrogen-bond acceptors (Lipinski definition) is 6. The summed E-state index contributed by atoms with van der Waals surface area (Å²) in [7, 11) is 1.64. The Morgan fingerprint density at radius 1 is 1.13 bits per heavy atom. The second kappa shape index (κ2) is 9.13. The van der Waals surface area contributed by atoms with Crippen molar-refractivity contribution >= 4 is 39.7 Å². The van der Waals surface area contributed by atoms with Crippen molar-refractivity contribution in [3.8, 4) is 5.75 Å². The standard InChI is InChI=1S/C22H23N5O2S/c1-3-27-18-7-5-4-6-17(18)20-21(27)24-22(26-25-20)30-14-19(28)23-13-12-15-8-10-16(29-2)11-9-15/h4-11H,3,12-14H2,1-2H3,(H,23,28). The molecule has 4 rings (SSSR count). The third-order valence-corrected chi connectivity index (χ3v) is 5.74. The van der Waals surface area contributed by atoms with E-state index in [4.69, 9.17) is 4.74 Å². The first-order valence-corrected chi connectivity index (χ1v) is 10.8. The molecular formula is C22H23N5O2S. The second-order valence-electron chi connectivity index (χ2n) is 6.76. The number of amides is 1. The van der Waals surface area contributed by atoms with Gasteiger partial charge in [-0.3, -0.25) is 4.79 Å². The van der Waals surface area contributed by atoms with Gasteiger partial charge in [-0.1, -0.05) is 42.1 Å². The third-order valence-electron chi connectivity index (χ3n) is 4.90. The van der Waals surface area contributed by atoms with Crippen LogP contribution < -0.4 is 10.1 Å². The van der Waals surface area contributed by atoms with Crippen molar-refractivity contribution in [2.24, 2.45) is 0 Å². The van der Waals surface area contributed by atoms with E-state index in [1.165, 1.54) is 11.8 Å². The highest BCUT2D eigenvalue weighted by molar-refractivity contribution is 7.99. The molecule has 154 valence electrons. The predicted octanol–water partition coefficient (Wildman–Crippen LogP) is 3.46. The van der Waals surface area contributed by atoms with Gasteiger partial charge in [0.1, 0.15) is 11.3 Å². The summed E-state index contributed by atoms with van der Waals surface area (Å²) < 4.78 is 7.28. The van der Waals surface area contributed by atoms with Gasteiger partial charge < -0.3 is 14.6 Å². The lowest BCUT2D eigenvalue weighted by atomic mass is 10.1. The molecule has 8 heteroatoms. The van der Waals surface area contributed by atoms with Crippen LogP contribution in [0.2, 0.25) is 0 Å². The number of aromatic nitrogens is 4. The molecule has 0 aliphatic heterocycles. The van der Waals surface area contributed by atoms with Gasteiger partial charge in [0.05, 0.1) is 18.4 Å². The molecule has 0 saturated carbocycles. The number of rotatable bonds is 8. The van der Waals surface area contributed by atoms with Gasteiger partial charge >= 0.3 is 0 Å². The Kier molecular flexibility index (Phi) is 6.13. The normalized spacial score (nSPS) is 11.1. The number of thioether (sulfide) groups is 1. The minimum atomic E-state index is -0.0479. The molecule has 2 aromatic carbocycles. The minimum Gasteiger partial charge on any atom is -0.497 e. The first kappa shape index (κ1) is 20.2. The summed E-state index contributed by atoms with van der Waals surface area (Å²) in [5.41, 5.74) is 3.83. The fourth-order valence-electron chi connectivity index (χ4n) is 3.39. The molecule has 1 N–H and O–H groups in total. The van der Waals surface area contributed by atoms with Crippen molar-refractivity contribution in [1.29, 1.82) is 0 Å². The molecule has 2 aromatic heterocycles. The molecule has 30 heavy (non-hydrogen) atoms. The zero-order valence-electron chi connectivity index (χ0n) is 17.0. The van der Waals surface area contributed by atoms with Crippen LogP contribution in [0.4, 0.5) is 0 Å². The van der Waals surface area contributed by atoms with E-state index in [1.807, 2.05) is 42.5 Å². The van der Waals surface area contributed by atoms with Gasteiger partial charge in [0, 0.05) is 18.5 Å². The van der Waals surface area contributed by atoms with Gasteiger partial charge in [0.15, 0.2) is 5.65 Å². The smallest absolute Gasteiger partial charge is 0.230 e. The van der Waals surface area contributed by atoms with E-state index in [0.717, 1.165) is 46.3 Å². The second-order valence-corrected chi connectivity index (χ2v) is 7.71. The summed E-state index contributed by atoms with van der Waals surface area (Å²) in [6, 6.07) is 15.9. The Balaban J connectivity index is 1.36. The fourth-order valence-corrected chi connectivity index (χ4v) is 4.00. The number of ether oxygens (including phenoxy) is 1. The lowest BCUT2D eigenvalue weighted by Gasteiger charge is -2.06. The molecular weight excluding hydrogens is 398 g/mol. The predicted molar refractivity (Wildman–Crippen MR) is 119 cm³/mol. The number of fused-ring (bicyclic) bond motifs is 3. The molecule has 2 heterocycles. The van der Waals surface area contributed by atoms with Crippen LogP contribution in [0.25, 0.3) is 22.1 Å². The van der Waals surface area contributed by atoms with Gasteiger partial charge in [0.2, 0.25) is 11.1 Å². The maximum atomic E-state index is 12.2. The summed E-state index contributed by atoms with van der Waals surface area (Å²) in [5.74, 6) is 1.03. The Morgan fingerprint density at radius 3 is 2.70 bits per heavy atom. The van der Waals surface area contributed by atoms with Gasteiger partial charge in [-0.05, 0) is 37.1 Å². The lowest BCUT2D eigenvalue weighted by Crippen LogP contribution is -2.27. The van der Waals surface area contributed by atoms with Crippen LogP contribution in [0.3, 0.4) is 0 Å². The fraction of sp³-hybridized carbons (Fsp3) is 0.273. The minimum absolute atomic E-state index is 0.0479. The molecule has 0 atom stereocenters. The monoisotopic (exact) mass is 421 g/mol. The summed E-state index contributed by atoms with van der Waals surface area (Å²) >= 11 is 1.30. The van der Waals surface area contributed by atoms with Crippen LogP contribution in [0, 0.1) is 0 Å². The first-order chi connectivity index (χ1) is 14.7. The zero-order chi connectivity index (χ0) is 20.9. The van der Waals surface area contributed by atoms with E-state index in [1.54, 1.807) is 7.11 Å². The van der Waals surface area contributed by atoms with E-state index < -0.39 is 0 Å². The summed E-state index contributed by atoms with van der Waals surface area (Å²) in [6.45, 7) is 3.45. The largest absolute Gasteiger partial charge is 0.497 e.